The van der Waals surface area contributed by atoms with Gasteiger partial charge >= 0.3 is 12.2 Å². The summed E-state index contributed by atoms with van der Waals surface area (Å²) in [6, 6.07) is 28.3. The van der Waals surface area contributed by atoms with E-state index >= 15 is 0 Å². The molecule has 0 aliphatic carbocycles. The highest BCUT2D eigenvalue weighted by molar-refractivity contribution is 5.92. The highest BCUT2D eigenvalue weighted by Gasteiger charge is 2.47. The number of imidazole rings is 2. The fraction of sp³-hybridized carbons (Fsp3) is 0.317. The molecule has 4 heterocycles. The van der Waals surface area contributed by atoms with Gasteiger partial charge in [-0.1, -0.05) is 60.7 Å². The predicted molar refractivity (Wildman–Crippen MR) is 198 cm³/mol. The van der Waals surface area contributed by atoms with Gasteiger partial charge in [0.25, 0.3) is 0 Å². The van der Waals surface area contributed by atoms with E-state index in [2.05, 4.69) is 57.4 Å². The molecule has 2 aliphatic rings. The molecule has 52 heavy (non-hydrogen) atoms. The first kappa shape index (κ1) is 33.5. The molecule has 0 spiro atoms. The molecule has 2 saturated heterocycles. The van der Waals surface area contributed by atoms with Crippen molar-refractivity contribution in [3.05, 3.63) is 108 Å². The van der Waals surface area contributed by atoms with E-state index in [-0.39, 0.29) is 18.7 Å². The van der Waals surface area contributed by atoms with Gasteiger partial charge in [-0.2, -0.15) is 0 Å². The van der Waals surface area contributed by atoms with Crippen molar-refractivity contribution in [3.63, 3.8) is 0 Å². The Labute approximate surface area is 301 Å². The minimum atomic E-state index is -1.56. The largest absolute Gasteiger partial charge is 0.445 e. The molecular formula is C41H42N6O5. The number of benzene rings is 4. The van der Waals surface area contributed by atoms with Gasteiger partial charge in [-0.3, -0.25) is 9.80 Å². The fourth-order valence-electron chi connectivity index (χ4n) is 7.31. The zero-order valence-electron chi connectivity index (χ0n) is 29.6. The minimum absolute atomic E-state index is 0.162. The standard InChI is InChI=1S/C41H42N6O5/c1-40(2,3)52-39(49)47-20-8-18-41(47,50)37-42-24-34(45-37)31-15-14-27-21-28(12-13-29(27)22-31)30-16-17-32-33(23-30)44-36(43-32)35-11-7-19-46(35)38(48)51-25-26-9-5-4-6-10-26/h4-6,9-10,12-17,21-24,35,50H,7-8,11,18-20,25H2,1-3H3,(H,42,45)(H,43,44)/t35-,41-/m0/s1. The summed E-state index contributed by atoms with van der Waals surface area (Å²) in [6.07, 6.45) is 3.54. The van der Waals surface area contributed by atoms with E-state index in [1.807, 2.05) is 63.2 Å². The van der Waals surface area contributed by atoms with Crippen LogP contribution in [-0.4, -0.2) is 65.7 Å². The first-order chi connectivity index (χ1) is 25.0. The van der Waals surface area contributed by atoms with Crippen LogP contribution in [0.3, 0.4) is 0 Å². The molecule has 6 aromatic rings. The number of fused-ring (bicyclic) bond motifs is 2. The van der Waals surface area contributed by atoms with Crippen molar-refractivity contribution in [2.24, 2.45) is 0 Å². The number of hydrogen-bond acceptors (Lipinski definition) is 7. The first-order valence-electron chi connectivity index (χ1n) is 17.8. The summed E-state index contributed by atoms with van der Waals surface area (Å²) < 4.78 is 11.2. The Kier molecular flexibility index (Phi) is 8.45. The Morgan fingerprint density at radius 2 is 1.62 bits per heavy atom. The van der Waals surface area contributed by atoms with Gasteiger partial charge in [0.15, 0.2) is 5.82 Å². The lowest BCUT2D eigenvalue weighted by Crippen LogP contribution is -2.47. The average molecular weight is 699 g/mol. The number of nitrogens with one attached hydrogen (secondary N) is 2. The van der Waals surface area contributed by atoms with Crippen molar-refractivity contribution in [3.8, 4) is 22.4 Å². The highest BCUT2D eigenvalue weighted by atomic mass is 16.6. The van der Waals surface area contributed by atoms with Crippen LogP contribution in [0.15, 0.2) is 91.1 Å². The Morgan fingerprint density at radius 3 is 2.40 bits per heavy atom. The smallest absolute Gasteiger partial charge is 0.412 e. The van der Waals surface area contributed by atoms with E-state index in [0.717, 1.165) is 68.4 Å². The summed E-state index contributed by atoms with van der Waals surface area (Å²) >= 11 is 0. The molecule has 8 rings (SSSR count). The van der Waals surface area contributed by atoms with Crippen molar-refractivity contribution in [2.75, 3.05) is 13.1 Å². The summed E-state index contributed by atoms with van der Waals surface area (Å²) in [5, 5.41) is 13.7. The van der Waals surface area contributed by atoms with Gasteiger partial charge in [0.1, 0.15) is 18.0 Å². The van der Waals surface area contributed by atoms with Crippen molar-refractivity contribution < 1.29 is 24.2 Å². The number of amides is 2. The second-order valence-corrected chi connectivity index (χ2v) is 14.7. The number of aromatic amines is 2. The number of ether oxygens (including phenoxy) is 2. The van der Waals surface area contributed by atoms with Crippen molar-refractivity contribution >= 4 is 34.0 Å². The van der Waals surface area contributed by atoms with E-state index in [0.29, 0.717) is 31.8 Å². The third-order valence-electron chi connectivity index (χ3n) is 9.92. The minimum Gasteiger partial charge on any atom is -0.445 e. The van der Waals surface area contributed by atoms with Gasteiger partial charge in [0, 0.05) is 25.1 Å². The van der Waals surface area contributed by atoms with E-state index in [9.17, 15) is 14.7 Å². The fourth-order valence-corrected chi connectivity index (χ4v) is 7.31. The second-order valence-electron chi connectivity index (χ2n) is 14.7. The Hall–Kier alpha value is -5.68. The number of rotatable bonds is 6. The molecule has 0 radical (unpaired) electrons. The highest BCUT2D eigenvalue weighted by Crippen LogP contribution is 2.38. The molecule has 2 aliphatic heterocycles. The van der Waals surface area contributed by atoms with Gasteiger partial charge < -0.3 is 24.5 Å². The third-order valence-corrected chi connectivity index (χ3v) is 9.92. The van der Waals surface area contributed by atoms with Crippen LogP contribution in [0.5, 0.6) is 0 Å². The number of carbonyl (C=O) groups is 2. The maximum absolute atomic E-state index is 13.0. The van der Waals surface area contributed by atoms with E-state index < -0.39 is 17.4 Å². The number of carbonyl (C=O) groups excluding carboxylic acids is 2. The van der Waals surface area contributed by atoms with Gasteiger partial charge in [0.05, 0.1) is 29.0 Å². The van der Waals surface area contributed by atoms with Crippen LogP contribution in [-0.2, 0) is 21.8 Å². The molecule has 0 bridgehead atoms. The van der Waals surface area contributed by atoms with Gasteiger partial charge in [-0.15, -0.1) is 0 Å². The maximum atomic E-state index is 13.0. The zero-order valence-corrected chi connectivity index (χ0v) is 29.6. The number of H-pyrrole nitrogens is 2. The molecule has 11 nitrogen and oxygen atoms in total. The Morgan fingerprint density at radius 1 is 0.885 bits per heavy atom. The summed E-state index contributed by atoms with van der Waals surface area (Å²) in [6.45, 7) is 6.68. The Bertz CT molecular complexity index is 2270. The first-order valence-corrected chi connectivity index (χ1v) is 17.8. The monoisotopic (exact) mass is 698 g/mol. The van der Waals surface area contributed by atoms with E-state index in [1.165, 1.54) is 4.90 Å². The summed E-state index contributed by atoms with van der Waals surface area (Å²) in [5.41, 5.74) is 4.27. The molecule has 4 aromatic carbocycles. The van der Waals surface area contributed by atoms with Crippen LogP contribution in [0, 0.1) is 0 Å². The summed E-state index contributed by atoms with van der Waals surface area (Å²) in [4.78, 5) is 45.2. The molecule has 0 unspecified atom stereocenters. The topological polar surface area (TPSA) is 137 Å². The van der Waals surface area contributed by atoms with Crippen molar-refractivity contribution in [2.45, 2.75) is 70.4 Å². The maximum Gasteiger partial charge on any atom is 0.412 e. The number of hydrogen-bond donors (Lipinski definition) is 3. The number of aliphatic hydroxyl groups is 1. The molecule has 11 heteroatoms. The SMILES string of the molecule is CC(C)(C)OC(=O)N1CCC[C@]1(O)c1ncc(-c2ccc3cc(-c4ccc5nc([C@@H]6CCCN6C(=O)OCc6ccccc6)[nH]c5c4)ccc3c2)[nH]1. The summed E-state index contributed by atoms with van der Waals surface area (Å²) in [5.74, 6) is 1.09. The number of nitrogens with zero attached hydrogens (tertiary/aromatic N) is 4. The van der Waals surface area contributed by atoms with E-state index in [4.69, 9.17) is 14.5 Å². The van der Waals surface area contributed by atoms with E-state index in [1.54, 1.807) is 11.1 Å². The van der Waals surface area contributed by atoms with Gasteiger partial charge in [0.2, 0.25) is 5.72 Å². The lowest BCUT2D eigenvalue weighted by atomic mass is 9.99. The molecule has 2 fully saturated rings. The van der Waals surface area contributed by atoms with Crippen LogP contribution in [0.4, 0.5) is 9.59 Å². The quantitative estimate of drug-likeness (QED) is 0.159. The molecule has 3 N–H and O–H groups in total. The van der Waals surface area contributed by atoms with Gasteiger partial charge in [-0.05, 0) is 91.8 Å². The normalized spacial score (nSPS) is 19.1. The molecular weight excluding hydrogens is 656 g/mol. The van der Waals surface area contributed by atoms with Crippen molar-refractivity contribution in [1.82, 2.24) is 29.7 Å². The predicted octanol–water partition coefficient (Wildman–Crippen LogP) is 8.42. The lowest BCUT2D eigenvalue weighted by molar-refractivity contribution is -0.0945. The lowest BCUT2D eigenvalue weighted by Gasteiger charge is -2.33. The van der Waals surface area contributed by atoms with Crippen LogP contribution in [0.2, 0.25) is 0 Å². The Balaban J connectivity index is 0.985. The third kappa shape index (κ3) is 6.48. The van der Waals surface area contributed by atoms with Crippen LogP contribution < -0.4 is 0 Å². The molecule has 0 saturated carbocycles. The number of aromatic nitrogens is 4. The zero-order chi connectivity index (χ0) is 36.0. The van der Waals surface area contributed by atoms with Crippen LogP contribution in [0.25, 0.3) is 44.2 Å². The van der Waals surface area contributed by atoms with Crippen LogP contribution in [0.1, 0.15) is 69.7 Å². The molecule has 2 atom stereocenters. The van der Waals surface area contributed by atoms with Crippen LogP contribution >= 0.6 is 0 Å². The molecule has 266 valence electrons. The average Bonchev–Trinajstić information content (AvgIpc) is 3.95. The summed E-state index contributed by atoms with van der Waals surface area (Å²) in [7, 11) is 0. The molecule has 2 aromatic heterocycles. The van der Waals surface area contributed by atoms with Gasteiger partial charge in [-0.25, -0.2) is 19.6 Å². The number of likely N-dealkylation sites (tertiary alicyclic amines) is 2. The van der Waals surface area contributed by atoms with Crippen molar-refractivity contribution in [1.29, 1.82) is 0 Å². The second kappa shape index (κ2) is 13.1. The molecule has 2 amide bonds.